The van der Waals surface area contributed by atoms with E-state index >= 15 is 0 Å². The normalized spacial score (nSPS) is 19.1. The van der Waals surface area contributed by atoms with Crippen LogP contribution in [0.4, 0.5) is 5.69 Å². The van der Waals surface area contributed by atoms with Crippen molar-refractivity contribution in [1.29, 1.82) is 0 Å². The summed E-state index contributed by atoms with van der Waals surface area (Å²) >= 11 is 0. The van der Waals surface area contributed by atoms with Gasteiger partial charge in [0.2, 0.25) is 0 Å². The Bertz CT molecular complexity index is 872. The molecule has 1 unspecified atom stereocenters. The van der Waals surface area contributed by atoms with Crippen molar-refractivity contribution in [3.63, 3.8) is 0 Å². The van der Waals surface area contributed by atoms with Gasteiger partial charge in [0.1, 0.15) is 0 Å². The third-order valence-electron chi connectivity index (χ3n) is 4.43. The van der Waals surface area contributed by atoms with Crippen LogP contribution in [-0.2, 0) is 21.8 Å². The summed E-state index contributed by atoms with van der Waals surface area (Å²) in [4.78, 5) is 24.4. The fraction of sp³-hybridized carbons (Fsp3) is 0.200. The lowest BCUT2D eigenvalue weighted by molar-refractivity contribution is -0.138. The minimum atomic E-state index is -1.85. The number of hydrogen-bond donors (Lipinski definition) is 3. The number of para-hydroxylation sites is 1. The first kappa shape index (κ1) is 17.1. The summed E-state index contributed by atoms with van der Waals surface area (Å²) in [5.74, 6) is -0.950. The van der Waals surface area contributed by atoms with E-state index in [-0.39, 0.29) is 18.8 Å². The fourth-order valence-electron chi connectivity index (χ4n) is 2.94. The molecule has 1 aliphatic heterocycles. The lowest BCUT2D eigenvalue weighted by Crippen LogP contribution is -2.36. The lowest BCUT2D eigenvalue weighted by atomic mass is 9.89. The number of carbonyl (C=O) groups excluding carboxylic acids is 2. The summed E-state index contributed by atoms with van der Waals surface area (Å²) in [6.07, 6.45) is 2.63. The van der Waals surface area contributed by atoms with Gasteiger partial charge >= 0.3 is 0 Å². The van der Waals surface area contributed by atoms with Crippen molar-refractivity contribution in [2.45, 2.75) is 25.6 Å². The number of amides is 1. The minimum Gasteiger partial charge on any atom is -0.392 e. The molecule has 0 aromatic heterocycles. The van der Waals surface area contributed by atoms with Crippen LogP contribution < -0.4 is 5.32 Å². The number of ketones is 1. The Morgan fingerprint density at radius 1 is 1.24 bits per heavy atom. The van der Waals surface area contributed by atoms with E-state index in [1.165, 1.54) is 6.08 Å². The number of anilines is 1. The molecule has 0 aliphatic carbocycles. The molecule has 0 bridgehead atoms. The van der Waals surface area contributed by atoms with Gasteiger partial charge in [0.25, 0.3) is 5.91 Å². The van der Waals surface area contributed by atoms with Crippen LogP contribution in [0, 0.1) is 6.92 Å². The standard InChI is InChI=1S/C20H19NO4/c1-13-6-7-14(10-15(13)12-22)8-9-16(23)11-20(25)17-4-2-3-5-18(17)21-19(20)24/h2-10,22,25H,11-12H2,1H3,(H,21,24)/b9-8+. The number of aryl methyl sites for hydroxylation is 1. The highest BCUT2D eigenvalue weighted by Crippen LogP contribution is 2.38. The molecule has 5 heteroatoms. The van der Waals surface area contributed by atoms with E-state index in [1.807, 2.05) is 19.1 Å². The van der Waals surface area contributed by atoms with Gasteiger partial charge in [-0.15, -0.1) is 0 Å². The first-order valence-electron chi connectivity index (χ1n) is 7.98. The summed E-state index contributed by atoms with van der Waals surface area (Å²) in [6, 6.07) is 12.3. The molecule has 1 amide bonds. The van der Waals surface area contributed by atoms with Gasteiger partial charge < -0.3 is 15.5 Å². The monoisotopic (exact) mass is 337 g/mol. The van der Waals surface area contributed by atoms with Crippen molar-refractivity contribution in [3.8, 4) is 0 Å². The van der Waals surface area contributed by atoms with E-state index in [1.54, 1.807) is 36.4 Å². The molecule has 1 aliphatic rings. The highest BCUT2D eigenvalue weighted by Gasteiger charge is 2.46. The fourth-order valence-corrected chi connectivity index (χ4v) is 2.94. The van der Waals surface area contributed by atoms with Gasteiger partial charge in [-0.3, -0.25) is 9.59 Å². The summed E-state index contributed by atoms with van der Waals surface area (Å²) in [5.41, 5.74) is 1.63. The molecule has 0 saturated heterocycles. The van der Waals surface area contributed by atoms with Crippen LogP contribution in [0.2, 0.25) is 0 Å². The number of fused-ring (bicyclic) bond motifs is 1. The van der Waals surface area contributed by atoms with Crippen LogP contribution in [0.5, 0.6) is 0 Å². The maximum atomic E-state index is 12.3. The van der Waals surface area contributed by atoms with Gasteiger partial charge in [-0.1, -0.05) is 36.4 Å². The summed E-state index contributed by atoms with van der Waals surface area (Å²) in [6.45, 7) is 1.83. The molecule has 0 radical (unpaired) electrons. The third-order valence-corrected chi connectivity index (χ3v) is 4.43. The Morgan fingerprint density at radius 3 is 2.76 bits per heavy atom. The number of rotatable bonds is 5. The molecule has 128 valence electrons. The maximum absolute atomic E-state index is 12.3. The van der Waals surface area contributed by atoms with Gasteiger partial charge in [0.05, 0.1) is 13.0 Å². The van der Waals surface area contributed by atoms with Gasteiger partial charge in [0, 0.05) is 11.3 Å². The molecule has 3 rings (SSSR count). The predicted molar refractivity (Wildman–Crippen MR) is 94.7 cm³/mol. The molecule has 25 heavy (non-hydrogen) atoms. The first-order valence-corrected chi connectivity index (χ1v) is 7.98. The molecular formula is C20H19NO4. The van der Waals surface area contributed by atoms with Crippen LogP contribution in [0.3, 0.4) is 0 Å². The summed E-state index contributed by atoms with van der Waals surface area (Å²) in [5, 5.41) is 22.6. The van der Waals surface area contributed by atoms with Crippen LogP contribution in [0.25, 0.3) is 6.08 Å². The average Bonchev–Trinajstić information content (AvgIpc) is 2.85. The molecule has 0 saturated carbocycles. The van der Waals surface area contributed by atoms with Crippen LogP contribution in [0.15, 0.2) is 48.5 Å². The van der Waals surface area contributed by atoms with Crippen LogP contribution >= 0.6 is 0 Å². The molecule has 5 nitrogen and oxygen atoms in total. The molecule has 2 aromatic carbocycles. The second kappa shape index (κ2) is 6.63. The number of allylic oxidation sites excluding steroid dienone is 1. The number of benzene rings is 2. The Morgan fingerprint density at radius 2 is 2.00 bits per heavy atom. The molecule has 3 N–H and O–H groups in total. The van der Waals surface area contributed by atoms with E-state index in [0.29, 0.717) is 11.3 Å². The van der Waals surface area contributed by atoms with Crippen molar-refractivity contribution in [1.82, 2.24) is 0 Å². The predicted octanol–water partition coefficient (Wildman–Crippen LogP) is 2.30. The van der Waals surface area contributed by atoms with Gasteiger partial charge in [-0.2, -0.15) is 0 Å². The topological polar surface area (TPSA) is 86.6 Å². The minimum absolute atomic E-state index is 0.0713. The van der Waals surface area contributed by atoms with Crippen molar-refractivity contribution in [2.24, 2.45) is 0 Å². The summed E-state index contributed by atoms with van der Waals surface area (Å²) < 4.78 is 0. The van der Waals surface area contributed by atoms with Crippen molar-refractivity contribution in [2.75, 3.05) is 5.32 Å². The van der Waals surface area contributed by atoms with Crippen molar-refractivity contribution >= 4 is 23.5 Å². The van der Waals surface area contributed by atoms with Gasteiger partial charge in [-0.05, 0) is 41.8 Å². The molecule has 2 aromatic rings. The number of nitrogens with one attached hydrogen (secondary N) is 1. The highest BCUT2D eigenvalue weighted by molar-refractivity contribution is 6.08. The quantitative estimate of drug-likeness (QED) is 0.731. The second-order valence-electron chi connectivity index (χ2n) is 6.18. The smallest absolute Gasteiger partial charge is 0.261 e. The largest absolute Gasteiger partial charge is 0.392 e. The van der Waals surface area contributed by atoms with E-state index in [0.717, 1.165) is 16.7 Å². The third kappa shape index (κ3) is 3.24. The highest BCUT2D eigenvalue weighted by atomic mass is 16.3. The van der Waals surface area contributed by atoms with Gasteiger partial charge in [-0.25, -0.2) is 0 Å². The number of aliphatic hydroxyl groups is 2. The molecule has 0 spiro atoms. The number of aliphatic hydroxyl groups excluding tert-OH is 1. The lowest BCUT2D eigenvalue weighted by Gasteiger charge is -2.19. The van der Waals surface area contributed by atoms with E-state index in [2.05, 4.69) is 5.32 Å². The van der Waals surface area contributed by atoms with Gasteiger partial charge in [0.15, 0.2) is 11.4 Å². The van der Waals surface area contributed by atoms with Crippen LogP contribution in [-0.4, -0.2) is 21.9 Å². The van der Waals surface area contributed by atoms with E-state index in [9.17, 15) is 19.8 Å². The Kier molecular flexibility index (Phi) is 4.53. The van der Waals surface area contributed by atoms with E-state index < -0.39 is 11.5 Å². The Hall–Kier alpha value is -2.76. The maximum Gasteiger partial charge on any atom is 0.261 e. The van der Waals surface area contributed by atoms with E-state index in [4.69, 9.17) is 0 Å². The first-order chi connectivity index (χ1) is 11.9. The van der Waals surface area contributed by atoms with Crippen molar-refractivity contribution < 1.29 is 19.8 Å². The zero-order valence-electron chi connectivity index (χ0n) is 13.8. The number of hydrogen-bond acceptors (Lipinski definition) is 4. The average molecular weight is 337 g/mol. The van der Waals surface area contributed by atoms with Crippen molar-refractivity contribution in [3.05, 3.63) is 70.8 Å². The summed E-state index contributed by atoms with van der Waals surface area (Å²) in [7, 11) is 0. The number of carbonyl (C=O) groups is 2. The molecule has 0 fully saturated rings. The zero-order valence-corrected chi connectivity index (χ0v) is 13.8. The Labute approximate surface area is 145 Å². The van der Waals surface area contributed by atoms with Crippen LogP contribution in [0.1, 0.15) is 28.7 Å². The SMILES string of the molecule is Cc1ccc(/C=C/C(=O)CC2(O)C(=O)Nc3ccccc32)cc1CO. The zero-order chi connectivity index (χ0) is 18.0. The molecular weight excluding hydrogens is 318 g/mol. The Balaban J connectivity index is 1.78. The second-order valence-corrected chi connectivity index (χ2v) is 6.18. The molecule has 1 atom stereocenters. The molecule has 1 heterocycles.